The Balaban J connectivity index is 0. The van der Waals surface area contributed by atoms with E-state index in [1.165, 1.54) is 7.11 Å². The average molecular weight is 176 g/mol. The maximum Gasteiger partial charge on any atom is 0.250 e. The molecule has 0 aromatic carbocycles. The monoisotopic (exact) mass is 175 g/mol. The summed E-state index contributed by atoms with van der Waals surface area (Å²) >= 11 is 0. The Morgan fingerprint density at radius 3 is 2.50 bits per heavy atom. The van der Waals surface area contributed by atoms with Crippen molar-refractivity contribution in [3.05, 3.63) is 0 Å². The molecule has 0 fully saturated rings. The number of hydrogen-bond acceptors (Lipinski definition) is 2. The second kappa shape index (κ2) is 9.07. The average Bonchev–Trinajstić information content (AvgIpc) is 1.80. The number of nitrogens with one attached hydrogen (secondary N) is 1. The summed E-state index contributed by atoms with van der Waals surface area (Å²) in [5.41, 5.74) is 0. The second-order valence-corrected chi connectivity index (χ2v) is 1.59. The third-order valence-electron chi connectivity index (χ3n) is 0.782. The van der Waals surface area contributed by atoms with E-state index in [9.17, 15) is 8.78 Å². The van der Waals surface area contributed by atoms with Crippen molar-refractivity contribution >= 4 is 12.4 Å². The zero-order chi connectivity index (χ0) is 7.11. The van der Waals surface area contributed by atoms with E-state index in [0.29, 0.717) is 13.2 Å². The van der Waals surface area contributed by atoms with Gasteiger partial charge in [-0.25, -0.2) is 8.78 Å². The van der Waals surface area contributed by atoms with Crippen LogP contribution in [0.25, 0.3) is 0 Å². The van der Waals surface area contributed by atoms with Gasteiger partial charge in [0.25, 0.3) is 6.43 Å². The first kappa shape index (κ1) is 12.7. The van der Waals surface area contributed by atoms with Gasteiger partial charge in [-0.15, -0.1) is 12.4 Å². The summed E-state index contributed by atoms with van der Waals surface area (Å²) in [7, 11) is 1.53. The molecule has 0 aromatic heterocycles. The highest BCUT2D eigenvalue weighted by molar-refractivity contribution is 5.85. The lowest BCUT2D eigenvalue weighted by atomic mass is 10.6. The van der Waals surface area contributed by atoms with Gasteiger partial charge in [-0.1, -0.05) is 0 Å². The molecule has 0 aromatic rings. The molecule has 0 bridgehead atoms. The molecule has 1 N–H and O–H groups in total. The predicted octanol–water partition coefficient (Wildman–Crippen LogP) is 0.909. The van der Waals surface area contributed by atoms with Gasteiger partial charge in [0.1, 0.15) is 0 Å². The van der Waals surface area contributed by atoms with E-state index in [-0.39, 0.29) is 19.0 Å². The van der Waals surface area contributed by atoms with E-state index in [1.807, 2.05) is 0 Å². The molecule has 0 aliphatic carbocycles. The van der Waals surface area contributed by atoms with Crippen molar-refractivity contribution in [1.29, 1.82) is 0 Å². The lowest BCUT2D eigenvalue weighted by Gasteiger charge is -2.00. The van der Waals surface area contributed by atoms with Gasteiger partial charge >= 0.3 is 0 Å². The summed E-state index contributed by atoms with van der Waals surface area (Å²) in [6, 6.07) is 0. The Kier molecular flexibility index (Phi) is 11.5. The fourth-order valence-electron chi connectivity index (χ4n) is 0.385. The van der Waals surface area contributed by atoms with Gasteiger partial charge in [0.2, 0.25) is 0 Å². The minimum absolute atomic E-state index is 0. The fraction of sp³-hybridized carbons (Fsp3) is 1.00. The van der Waals surface area contributed by atoms with Crippen LogP contribution in [0, 0.1) is 0 Å². The van der Waals surface area contributed by atoms with Crippen LogP contribution >= 0.6 is 12.4 Å². The molecule has 10 heavy (non-hydrogen) atoms. The van der Waals surface area contributed by atoms with Crippen LogP contribution in [0.4, 0.5) is 8.78 Å². The highest BCUT2D eigenvalue weighted by atomic mass is 35.5. The molecule has 0 atom stereocenters. The fourth-order valence-corrected chi connectivity index (χ4v) is 0.385. The van der Waals surface area contributed by atoms with E-state index in [1.54, 1.807) is 0 Å². The van der Waals surface area contributed by atoms with Crippen molar-refractivity contribution < 1.29 is 13.5 Å². The van der Waals surface area contributed by atoms with Gasteiger partial charge in [-0.05, 0) is 0 Å². The van der Waals surface area contributed by atoms with Crippen LogP contribution in [0.5, 0.6) is 0 Å². The van der Waals surface area contributed by atoms with Crippen molar-refractivity contribution in [1.82, 2.24) is 5.32 Å². The highest BCUT2D eigenvalue weighted by Gasteiger charge is 1.98. The largest absolute Gasteiger partial charge is 0.383 e. The van der Waals surface area contributed by atoms with E-state index in [0.717, 1.165) is 0 Å². The lowest BCUT2D eigenvalue weighted by Crippen LogP contribution is -2.24. The Morgan fingerprint density at radius 2 is 2.10 bits per heavy atom. The predicted molar refractivity (Wildman–Crippen MR) is 38.0 cm³/mol. The van der Waals surface area contributed by atoms with E-state index in [4.69, 9.17) is 0 Å². The van der Waals surface area contributed by atoms with Gasteiger partial charge in [-0.2, -0.15) is 0 Å². The molecule has 64 valence electrons. The van der Waals surface area contributed by atoms with Crippen LogP contribution < -0.4 is 5.32 Å². The molecule has 0 saturated heterocycles. The molecule has 0 radical (unpaired) electrons. The van der Waals surface area contributed by atoms with Crippen molar-refractivity contribution in [2.75, 3.05) is 26.8 Å². The highest BCUT2D eigenvalue weighted by Crippen LogP contribution is 1.86. The zero-order valence-corrected chi connectivity index (χ0v) is 6.59. The second-order valence-electron chi connectivity index (χ2n) is 1.59. The maximum absolute atomic E-state index is 11.4. The summed E-state index contributed by atoms with van der Waals surface area (Å²) < 4.78 is 27.3. The summed E-state index contributed by atoms with van der Waals surface area (Å²) in [5, 5.41) is 2.51. The Morgan fingerprint density at radius 1 is 1.50 bits per heavy atom. The maximum atomic E-state index is 11.4. The SMILES string of the molecule is COCCNCC(F)F.Cl. The molecule has 0 spiro atoms. The van der Waals surface area contributed by atoms with Crippen LogP contribution in [0.1, 0.15) is 0 Å². The normalized spacial score (nSPS) is 9.60. The first-order valence-corrected chi connectivity index (χ1v) is 2.75. The Hall–Kier alpha value is 0.0700. The van der Waals surface area contributed by atoms with E-state index in [2.05, 4.69) is 10.1 Å². The number of rotatable bonds is 5. The van der Waals surface area contributed by atoms with E-state index < -0.39 is 6.43 Å². The Labute approximate surface area is 65.3 Å². The number of alkyl halides is 2. The molecule has 0 rings (SSSR count). The minimum atomic E-state index is -2.26. The van der Waals surface area contributed by atoms with Crippen molar-refractivity contribution in [3.8, 4) is 0 Å². The van der Waals surface area contributed by atoms with Crippen molar-refractivity contribution in [2.24, 2.45) is 0 Å². The summed E-state index contributed by atoms with van der Waals surface area (Å²) in [5.74, 6) is 0. The standard InChI is InChI=1S/C5H11F2NO.ClH/c1-9-3-2-8-4-5(6)7;/h5,8H,2-4H2,1H3;1H. The van der Waals surface area contributed by atoms with Crippen LogP contribution in [0.2, 0.25) is 0 Å². The number of hydrogen-bond donors (Lipinski definition) is 1. The molecule has 5 heteroatoms. The van der Waals surface area contributed by atoms with E-state index >= 15 is 0 Å². The third-order valence-corrected chi connectivity index (χ3v) is 0.782. The van der Waals surface area contributed by atoms with Crippen LogP contribution in [-0.4, -0.2) is 33.2 Å². The first-order valence-electron chi connectivity index (χ1n) is 2.75. The van der Waals surface area contributed by atoms with Crippen molar-refractivity contribution in [3.63, 3.8) is 0 Å². The van der Waals surface area contributed by atoms with Crippen LogP contribution in [0.15, 0.2) is 0 Å². The minimum Gasteiger partial charge on any atom is -0.383 e. The molecule has 0 heterocycles. The lowest BCUT2D eigenvalue weighted by molar-refractivity contribution is 0.138. The quantitative estimate of drug-likeness (QED) is 0.628. The topological polar surface area (TPSA) is 21.3 Å². The molecule has 0 saturated carbocycles. The van der Waals surface area contributed by atoms with Gasteiger partial charge < -0.3 is 10.1 Å². The molecular weight excluding hydrogens is 164 g/mol. The molecule has 0 unspecified atom stereocenters. The van der Waals surface area contributed by atoms with Gasteiger partial charge in [0, 0.05) is 13.7 Å². The Bertz CT molecular complexity index is 65.6. The molecular formula is C5H12ClF2NO. The molecule has 0 aliphatic rings. The first-order chi connectivity index (χ1) is 4.27. The third kappa shape index (κ3) is 10.9. The summed E-state index contributed by atoms with van der Waals surface area (Å²) in [6.07, 6.45) is -2.26. The van der Waals surface area contributed by atoms with Crippen molar-refractivity contribution in [2.45, 2.75) is 6.43 Å². The van der Waals surface area contributed by atoms with Gasteiger partial charge in [0.15, 0.2) is 0 Å². The molecule has 0 amide bonds. The molecule has 2 nitrogen and oxygen atoms in total. The summed E-state index contributed by atoms with van der Waals surface area (Å²) in [6.45, 7) is 0.719. The van der Waals surface area contributed by atoms with Gasteiger partial charge in [0.05, 0.1) is 13.2 Å². The molecule has 0 aliphatic heterocycles. The number of halogens is 3. The van der Waals surface area contributed by atoms with Crippen LogP contribution in [-0.2, 0) is 4.74 Å². The zero-order valence-electron chi connectivity index (χ0n) is 5.77. The van der Waals surface area contributed by atoms with Crippen LogP contribution in [0.3, 0.4) is 0 Å². The summed E-state index contributed by atoms with van der Waals surface area (Å²) in [4.78, 5) is 0. The number of methoxy groups -OCH3 is 1. The smallest absolute Gasteiger partial charge is 0.250 e. The number of ether oxygens (including phenoxy) is 1. The van der Waals surface area contributed by atoms with Gasteiger partial charge in [-0.3, -0.25) is 0 Å².